The van der Waals surface area contributed by atoms with Crippen LogP contribution < -0.4 is 15.1 Å². The molecule has 0 radical (unpaired) electrons. The normalized spacial score (nSPS) is 26.3. The fourth-order valence-electron chi connectivity index (χ4n) is 4.44. The van der Waals surface area contributed by atoms with Gasteiger partial charge in [0.15, 0.2) is 0 Å². The second-order valence-electron chi connectivity index (χ2n) is 8.55. The Hall–Kier alpha value is -2.41. The van der Waals surface area contributed by atoms with E-state index in [1.54, 1.807) is 0 Å². The zero-order chi connectivity index (χ0) is 18.5. The van der Waals surface area contributed by atoms with E-state index in [4.69, 9.17) is 9.72 Å². The van der Waals surface area contributed by atoms with Gasteiger partial charge in [-0.1, -0.05) is 0 Å². The Morgan fingerprint density at radius 3 is 2.46 bits per heavy atom. The monoisotopic (exact) mass is 378 g/mol. The molecule has 2 aromatic heterocycles. The number of pyridine rings is 1. The van der Waals surface area contributed by atoms with Crippen LogP contribution in [-0.2, 0) is 4.74 Å². The van der Waals surface area contributed by atoms with Crippen molar-refractivity contribution >= 4 is 23.1 Å². The van der Waals surface area contributed by atoms with Gasteiger partial charge in [0.25, 0.3) is 0 Å². The highest BCUT2D eigenvalue weighted by Crippen LogP contribution is 2.46. The number of anilines is 4. The minimum absolute atomic E-state index is 0.623. The van der Waals surface area contributed by atoms with Gasteiger partial charge in [-0.25, -0.2) is 9.97 Å². The maximum absolute atomic E-state index is 5.53. The number of nitrogens with one attached hydrogen (secondary N) is 1. The molecule has 2 unspecified atom stereocenters. The first kappa shape index (κ1) is 16.5. The third-order valence-corrected chi connectivity index (χ3v) is 6.40. The molecule has 28 heavy (non-hydrogen) atoms. The summed E-state index contributed by atoms with van der Waals surface area (Å²) in [5, 5.41) is 3.39. The molecule has 2 aliphatic carbocycles. The third-order valence-electron chi connectivity index (χ3n) is 6.40. The first-order valence-electron chi connectivity index (χ1n) is 10.5. The molecule has 0 spiro atoms. The number of hydrogen-bond donors (Lipinski definition) is 1. The number of piperidine rings is 1. The predicted octanol–water partition coefficient (Wildman–Crippen LogP) is 2.79. The van der Waals surface area contributed by atoms with Gasteiger partial charge in [-0.3, -0.25) is 4.98 Å². The molecule has 1 N–H and O–H groups in total. The van der Waals surface area contributed by atoms with Gasteiger partial charge in [-0.05, 0) is 31.1 Å². The molecule has 146 valence electrons. The van der Waals surface area contributed by atoms with Crippen molar-refractivity contribution in [2.24, 2.45) is 11.8 Å². The Balaban J connectivity index is 1.28. The minimum Gasteiger partial charge on any atom is -0.378 e. The molecule has 0 aromatic carbocycles. The third kappa shape index (κ3) is 3.28. The van der Waals surface area contributed by atoms with Crippen LogP contribution in [0.2, 0.25) is 0 Å². The number of nitrogens with zero attached hydrogens (tertiary/aromatic N) is 5. The zero-order valence-electron chi connectivity index (χ0n) is 16.0. The number of morpholine rings is 1. The second-order valence-corrected chi connectivity index (χ2v) is 8.55. The maximum Gasteiger partial charge on any atom is 0.150 e. The molecular formula is C21H26N6O. The Morgan fingerprint density at radius 1 is 0.929 bits per heavy atom. The van der Waals surface area contributed by atoms with Crippen LogP contribution in [0.15, 0.2) is 24.5 Å². The van der Waals surface area contributed by atoms with Crippen LogP contribution in [0.4, 0.5) is 23.1 Å². The number of fused-ring (bicyclic) bond motifs is 1. The van der Waals surface area contributed by atoms with E-state index in [0.29, 0.717) is 5.92 Å². The van der Waals surface area contributed by atoms with Gasteiger partial charge >= 0.3 is 0 Å². The maximum atomic E-state index is 5.53. The molecule has 0 amide bonds. The van der Waals surface area contributed by atoms with Crippen molar-refractivity contribution in [1.29, 1.82) is 0 Å². The Bertz CT molecular complexity index is 831. The molecule has 2 saturated heterocycles. The van der Waals surface area contributed by atoms with E-state index in [1.807, 2.05) is 12.4 Å². The highest BCUT2D eigenvalue weighted by Gasteiger charge is 2.45. The minimum atomic E-state index is 0.623. The fourth-order valence-corrected chi connectivity index (χ4v) is 4.44. The lowest BCUT2D eigenvalue weighted by molar-refractivity contribution is 0.122. The topological polar surface area (TPSA) is 66.4 Å². The highest BCUT2D eigenvalue weighted by molar-refractivity contribution is 5.65. The van der Waals surface area contributed by atoms with Crippen LogP contribution in [0, 0.1) is 11.8 Å². The summed E-state index contributed by atoms with van der Waals surface area (Å²) in [5.41, 5.74) is 2.32. The molecule has 7 nitrogen and oxygen atoms in total. The van der Waals surface area contributed by atoms with Crippen molar-refractivity contribution in [1.82, 2.24) is 15.0 Å². The van der Waals surface area contributed by atoms with Gasteiger partial charge in [0.2, 0.25) is 0 Å². The van der Waals surface area contributed by atoms with E-state index < -0.39 is 0 Å². The SMILES string of the molecule is c1nc(C2CC2)cnc1Nc1cc(N2CCOCC2)cc(N2CC3CC3C2)n1. The van der Waals surface area contributed by atoms with Crippen molar-refractivity contribution in [2.75, 3.05) is 54.5 Å². The van der Waals surface area contributed by atoms with E-state index in [9.17, 15) is 0 Å². The quantitative estimate of drug-likeness (QED) is 0.858. The standard InChI is InChI=1S/C21H26N6O/c1-2-14(1)18-10-23-20(11-22-18)24-19-8-17(26-3-5-28-6-4-26)9-21(25-19)27-12-15-7-16(15)13-27/h8-11,14-16H,1-7,12-13H2,(H,23,24,25). The molecule has 2 aliphatic heterocycles. The average molecular weight is 378 g/mol. The average Bonchev–Trinajstić information content (AvgIpc) is 3.68. The van der Waals surface area contributed by atoms with E-state index in [2.05, 4.69) is 37.2 Å². The Morgan fingerprint density at radius 2 is 1.75 bits per heavy atom. The molecule has 4 aliphatic rings. The van der Waals surface area contributed by atoms with Crippen molar-refractivity contribution in [2.45, 2.75) is 25.2 Å². The molecule has 4 heterocycles. The van der Waals surface area contributed by atoms with Crippen LogP contribution in [0.5, 0.6) is 0 Å². The first-order chi connectivity index (χ1) is 13.8. The molecule has 7 heteroatoms. The molecule has 2 atom stereocenters. The summed E-state index contributed by atoms with van der Waals surface area (Å²) in [5.74, 6) is 5.05. The molecule has 2 aromatic rings. The smallest absolute Gasteiger partial charge is 0.150 e. The Kier molecular flexibility index (Phi) is 3.89. The number of aromatic nitrogens is 3. The van der Waals surface area contributed by atoms with Crippen LogP contribution >= 0.6 is 0 Å². The van der Waals surface area contributed by atoms with Gasteiger partial charge in [0, 0.05) is 49.9 Å². The summed E-state index contributed by atoms with van der Waals surface area (Å²) in [6.45, 7) is 5.68. The van der Waals surface area contributed by atoms with Crippen LogP contribution in [0.1, 0.15) is 30.9 Å². The van der Waals surface area contributed by atoms with Crippen LogP contribution in [0.25, 0.3) is 0 Å². The van der Waals surface area contributed by atoms with E-state index in [-0.39, 0.29) is 0 Å². The van der Waals surface area contributed by atoms with Crippen molar-refractivity contribution in [3.63, 3.8) is 0 Å². The van der Waals surface area contributed by atoms with E-state index in [0.717, 1.165) is 74.4 Å². The summed E-state index contributed by atoms with van der Waals surface area (Å²) in [6, 6.07) is 4.37. The largest absolute Gasteiger partial charge is 0.378 e. The molecule has 6 rings (SSSR count). The number of ether oxygens (including phenoxy) is 1. The Labute approximate surface area is 165 Å². The van der Waals surface area contributed by atoms with Gasteiger partial charge in [-0.2, -0.15) is 0 Å². The second kappa shape index (κ2) is 6.58. The summed E-state index contributed by atoms with van der Waals surface area (Å²) in [7, 11) is 0. The van der Waals surface area contributed by atoms with E-state index in [1.165, 1.54) is 24.9 Å². The van der Waals surface area contributed by atoms with Gasteiger partial charge in [-0.15, -0.1) is 0 Å². The van der Waals surface area contributed by atoms with Crippen LogP contribution in [-0.4, -0.2) is 54.3 Å². The first-order valence-corrected chi connectivity index (χ1v) is 10.5. The molecule has 0 bridgehead atoms. The zero-order valence-corrected chi connectivity index (χ0v) is 16.0. The van der Waals surface area contributed by atoms with Gasteiger partial charge in [0.1, 0.15) is 17.5 Å². The summed E-state index contributed by atoms with van der Waals surface area (Å²) >= 11 is 0. The van der Waals surface area contributed by atoms with Crippen LogP contribution in [0.3, 0.4) is 0 Å². The van der Waals surface area contributed by atoms with Crippen molar-refractivity contribution in [3.05, 3.63) is 30.2 Å². The lowest BCUT2D eigenvalue weighted by Crippen LogP contribution is -2.36. The van der Waals surface area contributed by atoms with Gasteiger partial charge in [0.05, 0.1) is 31.3 Å². The van der Waals surface area contributed by atoms with Crippen molar-refractivity contribution < 1.29 is 4.74 Å². The lowest BCUT2D eigenvalue weighted by Gasteiger charge is -2.30. The van der Waals surface area contributed by atoms with Gasteiger partial charge < -0.3 is 19.9 Å². The summed E-state index contributed by atoms with van der Waals surface area (Å²) < 4.78 is 5.53. The number of rotatable bonds is 5. The molecule has 2 saturated carbocycles. The molecule has 4 fully saturated rings. The van der Waals surface area contributed by atoms with E-state index >= 15 is 0 Å². The van der Waals surface area contributed by atoms with Crippen molar-refractivity contribution in [3.8, 4) is 0 Å². The highest BCUT2D eigenvalue weighted by atomic mass is 16.5. The lowest BCUT2D eigenvalue weighted by atomic mass is 10.2. The number of hydrogen-bond acceptors (Lipinski definition) is 7. The predicted molar refractivity (Wildman–Crippen MR) is 108 cm³/mol. The fraction of sp³-hybridized carbons (Fsp3) is 0.571. The summed E-state index contributed by atoms with van der Waals surface area (Å²) in [6.07, 6.45) is 7.62. The molecular weight excluding hydrogens is 352 g/mol. The summed E-state index contributed by atoms with van der Waals surface area (Å²) in [4.78, 5) is 18.9.